The van der Waals surface area contributed by atoms with Gasteiger partial charge in [-0.25, -0.2) is 4.79 Å². The molecule has 0 atom stereocenters. The van der Waals surface area contributed by atoms with Crippen molar-refractivity contribution in [1.29, 1.82) is 0 Å². The van der Waals surface area contributed by atoms with Crippen LogP contribution in [0.2, 0.25) is 0 Å². The quantitative estimate of drug-likeness (QED) is 0.408. The third kappa shape index (κ3) is 8.29. The first-order valence-corrected chi connectivity index (χ1v) is 10.9. The molecule has 0 saturated carbocycles. The van der Waals surface area contributed by atoms with Gasteiger partial charge in [0.25, 0.3) is 5.91 Å². The summed E-state index contributed by atoms with van der Waals surface area (Å²) in [5, 5.41) is 16.8. The lowest BCUT2D eigenvalue weighted by atomic mass is 10.0. The molecule has 0 saturated heterocycles. The maximum absolute atomic E-state index is 12.5. The molecule has 0 spiro atoms. The number of amides is 1. The van der Waals surface area contributed by atoms with Crippen molar-refractivity contribution in [1.82, 2.24) is 5.32 Å². The summed E-state index contributed by atoms with van der Waals surface area (Å²) in [5.74, 6) is -0.713. The Hall–Kier alpha value is -3.87. The third-order valence-corrected chi connectivity index (χ3v) is 4.88. The molecule has 2 aromatic carbocycles. The molecule has 2 aromatic rings. The van der Waals surface area contributed by atoms with Gasteiger partial charge in [0.2, 0.25) is 0 Å². The molecular weight excluding hydrogens is 420 g/mol. The number of hydrogen-bond acceptors (Lipinski definition) is 6. The van der Waals surface area contributed by atoms with Crippen LogP contribution in [-0.4, -0.2) is 35.9 Å². The van der Waals surface area contributed by atoms with Gasteiger partial charge in [-0.2, -0.15) is 0 Å². The number of rotatable bonds is 5. The number of fused-ring (bicyclic) bond motifs is 1. The van der Waals surface area contributed by atoms with E-state index in [1.54, 1.807) is 6.08 Å². The van der Waals surface area contributed by atoms with Crippen molar-refractivity contribution in [3.63, 3.8) is 0 Å². The molecule has 3 rings (SSSR count). The Bertz CT molecular complexity index is 1030. The summed E-state index contributed by atoms with van der Waals surface area (Å²) in [4.78, 5) is 29.9. The molecule has 1 amide bonds. The van der Waals surface area contributed by atoms with Crippen LogP contribution in [0.1, 0.15) is 40.7 Å². The molecule has 1 aliphatic heterocycles. The first-order chi connectivity index (χ1) is 16.1. The number of allylic oxidation sites excluding steroid dienone is 3. The minimum Gasteiger partial charge on any atom is -0.508 e. The first-order valence-electron chi connectivity index (χ1n) is 10.9. The number of cyclic esters (lactones) is 1. The standard InChI is InChI=1S/C26H28N2O5/c29-23-13-14-24-21(17-23)16-22(12-8-3-1-2-4-9-15-32-26(24)31)28-33-19-25(30)27-18-20-10-6-5-7-11-20/h2,4-8,10-14,17,29H,1,3,9,15-16,18-19H2,(H,27,30)/b4-2+,12-8+,28-22+. The molecule has 33 heavy (non-hydrogen) atoms. The molecule has 0 aromatic heterocycles. The summed E-state index contributed by atoms with van der Waals surface area (Å²) in [6, 6.07) is 14.1. The second kappa shape index (κ2) is 12.9. The third-order valence-electron chi connectivity index (χ3n) is 4.88. The molecule has 0 fully saturated rings. The van der Waals surface area contributed by atoms with Crippen LogP contribution < -0.4 is 5.32 Å². The number of carbonyl (C=O) groups is 2. The number of hydrogen-bond donors (Lipinski definition) is 2. The normalized spacial score (nSPS) is 17.8. The smallest absolute Gasteiger partial charge is 0.338 e. The van der Waals surface area contributed by atoms with Gasteiger partial charge in [0.1, 0.15) is 5.75 Å². The van der Waals surface area contributed by atoms with Crippen LogP contribution in [0.25, 0.3) is 0 Å². The van der Waals surface area contributed by atoms with Crippen molar-refractivity contribution in [2.24, 2.45) is 5.16 Å². The number of phenolic OH excluding ortho intramolecular Hbond substituents is 1. The monoisotopic (exact) mass is 448 g/mol. The van der Waals surface area contributed by atoms with E-state index in [1.165, 1.54) is 18.2 Å². The zero-order valence-corrected chi connectivity index (χ0v) is 18.4. The first kappa shape index (κ1) is 23.8. The average molecular weight is 449 g/mol. The Morgan fingerprint density at radius 1 is 1.06 bits per heavy atom. The van der Waals surface area contributed by atoms with Crippen molar-refractivity contribution in [3.8, 4) is 5.75 Å². The predicted octanol–water partition coefficient (Wildman–Crippen LogP) is 4.08. The van der Waals surface area contributed by atoms with Crippen LogP contribution >= 0.6 is 0 Å². The van der Waals surface area contributed by atoms with Gasteiger partial charge < -0.3 is 20.0 Å². The zero-order valence-electron chi connectivity index (χ0n) is 18.4. The summed E-state index contributed by atoms with van der Waals surface area (Å²) in [6.07, 6.45) is 10.3. The van der Waals surface area contributed by atoms with Crippen LogP contribution in [0.4, 0.5) is 0 Å². The van der Waals surface area contributed by atoms with Crippen molar-refractivity contribution in [2.75, 3.05) is 13.2 Å². The lowest BCUT2D eigenvalue weighted by molar-refractivity contribution is -0.125. The fourth-order valence-corrected chi connectivity index (χ4v) is 3.21. The number of carbonyl (C=O) groups excluding carboxylic acids is 2. The van der Waals surface area contributed by atoms with E-state index < -0.39 is 5.97 Å². The van der Waals surface area contributed by atoms with Gasteiger partial charge in [0.15, 0.2) is 6.61 Å². The van der Waals surface area contributed by atoms with E-state index in [9.17, 15) is 14.7 Å². The van der Waals surface area contributed by atoms with E-state index in [4.69, 9.17) is 9.57 Å². The van der Waals surface area contributed by atoms with Crippen molar-refractivity contribution >= 4 is 17.6 Å². The lowest BCUT2D eigenvalue weighted by Gasteiger charge is -2.11. The van der Waals surface area contributed by atoms with Gasteiger partial charge in [0.05, 0.1) is 17.9 Å². The Kier molecular flexibility index (Phi) is 9.27. The summed E-state index contributed by atoms with van der Waals surface area (Å²) in [7, 11) is 0. The number of nitrogens with zero attached hydrogens (tertiary/aromatic N) is 1. The summed E-state index contributed by atoms with van der Waals surface area (Å²) < 4.78 is 5.35. The topological polar surface area (TPSA) is 97.2 Å². The Morgan fingerprint density at radius 2 is 1.85 bits per heavy atom. The van der Waals surface area contributed by atoms with Crippen LogP contribution in [0.5, 0.6) is 5.75 Å². The van der Waals surface area contributed by atoms with Gasteiger partial charge in [0, 0.05) is 13.0 Å². The average Bonchev–Trinajstić information content (AvgIpc) is 2.81. The van der Waals surface area contributed by atoms with Crippen LogP contribution in [0.3, 0.4) is 0 Å². The van der Waals surface area contributed by atoms with Gasteiger partial charge in [-0.1, -0.05) is 53.7 Å². The SMILES string of the molecule is O=C(CO/N=C1\C=C\CC/C=C/CCOC(=O)c2ccc(O)cc2C1)NCc1ccccc1. The van der Waals surface area contributed by atoms with Crippen molar-refractivity contribution < 1.29 is 24.3 Å². The van der Waals surface area contributed by atoms with Crippen molar-refractivity contribution in [2.45, 2.75) is 32.2 Å². The highest BCUT2D eigenvalue weighted by atomic mass is 16.6. The second-order valence-corrected chi connectivity index (χ2v) is 7.51. The Balaban J connectivity index is 1.69. The fourth-order valence-electron chi connectivity index (χ4n) is 3.21. The van der Waals surface area contributed by atoms with Gasteiger partial charge in [-0.15, -0.1) is 0 Å². The molecule has 0 unspecified atom stereocenters. The Morgan fingerprint density at radius 3 is 2.70 bits per heavy atom. The fraction of sp³-hybridized carbons (Fsp3) is 0.269. The number of nitrogens with one attached hydrogen (secondary N) is 1. The summed E-state index contributed by atoms with van der Waals surface area (Å²) in [5.41, 5.74) is 2.43. The van der Waals surface area contributed by atoms with Gasteiger partial charge in [-0.3, -0.25) is 4.79 Å². The van der Waals surface area contributed by atoms with E-state index in [1.807, 2.05) is 48.6 Å². The maximum atomic E-state index is 12.5. The molecule has 7 heteroatoms. The van der Waals surface area contributed by atoms with Gasteiger partial charge in [-0.05, 0) is 54.7 Å². The second-order valence-electron chi connectivity index (χ2n) is 7.51. The summed E-state index contributed by atoms with van der Waals surface area (Å²) >= 11 is 0. The van der Waals surface area contributed by atoms with Crippen LogP contribution in [0, 0.1) is 0 Å². The number of oxime groups is 1. The summed E-state index contributed by atoms with van der Waals surface area (Å²) in [6.45, 7) is 0.456. The molecular formula is C26H28N2O5. The minimum atomic E-state index is -0.458. The number of ether oxygens (including phenoxy) is 1. The highest BCUT2D eigenvalue weighted by molar-refractivity contribution is 5.99. The van der Waals surface area contributed by atoms with E-state index in [-0.39, 0.29) is 31.3 Å². The number of esters is 1. The molecule has 2 N–H and O–H groups in total. The number of benzene rings is 2. The largest absolute Gasteiger partial charge is 0.508 e. The van der Waals surface area contributed by atoms with Gasteiger partial charge >= 0.3 is 5.97 Å². The molecule has 0 aliphatic carbocycles. The number of phenols is 1. The number of aromatic hydroxyl groups is 1. The van der Waals surface area contributed by atoms with Crippen LogP contribution in [-0.2, 0) is 27.3 Å². The predicted molar refractivity (Wildman–Crippen MR) is 126 cm³/mol. The van der Waals surface area contributed by atoms with Crippen LogP contribution in [0.15, 0.2) is 78.0 Å². The molecule has 0 bridgehead atoms. The zero-order chi connectivity index (χ0) is 23.3. The Labute approximate surface area is 193 Å². The van der Waals surface area contributed by atoms with E-state index in [2.05, 4.69) is 10.5 Å². The highest BCUT2D eigenvalue weighted by Crippen LogP contribution is 2.19. The van der Waals surface area contributed by atoms with E-state index >= 15 is 0 Å². The highest BCUT2D eigenvalue weighted by Gasteiger charge is 2.15. The lowest BCUT2D eigenvalue weighted by Crippen LogP contribution is -2.26. The minimum absolute atomic E-state index is 0.0372. The molecule has 7 nitrogen and oxygen atoms in total. The molecule has 172 valence electrons. The molecule has 0 radical (unpaired) electrons. The molecule has 1 heterocycles. The molecule has 1 aliphatic rings. The van der Waals surface area contributed by atoms with E-state index in [0.29, 0.717) is 29.8 Å². The van der Waals surface area contributed by atoms with E-state index in [0.717, 1.165) is 18.4 Å². The van der Waals surface area contributed by atoms with Crippen molar-refractivity contribution in [3.05, 3.63) is 89.5 Å². The maximum Gasteiger partial charge on any atom is 0.338 e.